The molecule has 8 heteroatoms. The van der Waals surface area contributed by atoms with Gasteiger partial charge in [-0.2, -0.15) is 0 Å². The molecule has 0 spiro atoms. The normalized spacial score (nSPS) is 10.8. The van der Waals surface area contributed by atoms with Crippen molar-refractivity contribution in [3.63, 3.8) is 0 Å². The standard InChI is InChI=1S/C16H11F3N2O2S/c17-9-1-3-10(4-2-9)23-6-5-15(22)21-16-20-13-7-11(18)12(19)8-14(13)24-16/h1-4,7-8H,5-6H2,(H,20,21,22). The molecule has 0 bridgehead atoms. The number of ether oxygens (including phenoxy) is 1. The molecule has 0 atom stereocenters. The first-order valence-corrected chi connectivity index (χ1v) is 7.77. The van der Waals surface area contributed by atoms with Gasteiger partial charge in [0.15, 0.2) is 16.8 Å². The molecule has 0 fully saturated rings. The van der Waals surface area contributed by atoms with Crippen LogP contribution in [0, 0.1) is 17.5 Å². The average Bonchev–Trinajstić information content (AvgIpc) is 2.90. The van der Waals surface area contributed by atoms with E-state index in [1.54, 1.807) is 0 Å². The van der Waals surface area contributed by atoms with E-state index in [9.17, 15) is 18.0 Å². The maximum absolute atomic E-state index is 13.1. The minimum Gasteiger partial charge on any atom is -0.493 e. The van der Waals surface area contributed by atoms with Crippen LogP contribution in [0.3, 0.4) is 0 Å². The number of halogens is 3. The number of hydrogen-bond donors (Lipinski definition) is 1. The third-order valence-electron chi connectivity index (χ3n) is 3.09. The SMILES string of the molecule is O=C(CCOc1ccc(F)cc1)Nc1nc2cc(F)c(F)cc2s1. The van der Waals surface area contributed by atoms with Crippen LogP contribution in [-0.4, -0.2) is 17.5 Å². The Labute approximate surface area is 138 Å². The summed E-state index contributed by atoms with van der Waals surface area (Å²) in [5.74, 6) is -2.22. The van der Waals surface area contributed by atoms with Crippen LogP contribution < -0.4 is 10.1 Å². The molecule has 4 nitrogen and oxygen atoms in total. The van der Waals surface area contributed by atoms with Gasteiger partial charge in [-0.3, -0.25) is 4.79 Å². The third kappa shape index (κ3) is 3.83. The van der Waals surface area contributed by atoms with Gasteiger partial charge in [-0.25, -0.2) is 18.2 Å². The van der Waals surface area contributed by atoms with Gasteiger partial charge in [-0.15, -0.1) is 0 Å². The summed E-state index contributed by atoms with van der Waals surface area (Å²) in [5, 5.41) is 2.80. The van der Waals surface area contributed by atoms with Crippen LogP contribution in [0.15, 0.2) is 36.4 Å². The maximum Gasteiger partial charge on any atom is 0.229 e. The minimum atomic E-state index is -0.988. The van der Waals surface area contributed by atoms with Crippen LogP contribution in [0.25, 0.3) is 10.2 Å². The van der Waals surface area contributed by atoms with Crippen LogP contribution in [0.2, 0.25) is 0 Å². The number of amides is 1. The summed E-state index contributed by atoms with van der Waals surface area (Å²) in [7, 11) is 0. The molecule has 124 valence electrons. The first-order chi connectivity index (χ1) is 11.5. The summed E-state index contributed by atoms with van der Waals surface area (Å²) in [5.41, 5.74) is 0.275. The van der Waals surface area contributed by atoms with Crippen LogP contribution in [0.1, 0.15) is 6.42 Å². The summed E-state index contributed by atoms with van der Waals surface area (Å²) < 4.78 is 44.8. The predicted molar refractivity (Wildman–Crippen MR) is 84.7 cm³/mol. The topological polar surface area (TPSA) is 51.2 Å². The number of carbonyl (C=O) groups excluding carboxylic acids is 1. The van der Waals surface area contributed by atoms with Crippen LogP contribution >= 0.6 is 11.3 Å². The fourth-order valence-electron chi connectivity index (χ4n) is 1.95. The van der Waals surface area contributed by atoms with Gasteiger partial charge in [0.05, 0.1) is 23.2 Å². The van der Waals surface area contributed by atoms with E-state index in [-0.39, 0.29) is 35.4 Å². The van der Waals surface area contributed by atoms with Gasteiger partial charge >= 0.3 is 0 Å². The maximum atomic E-state index is 13.1. The van der Waals surface area contributed by atoms with Gasteiger partial charge in [0.2, 0.25) is 5.91 Å². The first kappa shape index (κ1) is 16.3. The summed E-state index contributed by atoms with van der Waals surface area (Å²) in [4.78, 5) is 15.9. The monoisotopic (exact) mass is 352 g/mol. The second kappa shape index (κ2) is 6.88. The predicted octanol–water partition coefficient (Wildman–Crippen LogP) is 4.12. The molecular weight excluding hydrogens is 341 g/mol. The van der Waals surface area contributed by atoms with Gasteiger partial charge in [0.1, 0.15) is 11.6 Å². The number of benzene rings is 2. The van der Waals surface area contributed by atoms with Crippen LogP contribution in [0.4, 0.5) is 18.3 Å². The molecule has 0 radical (unpaired) electrons. The number of aromatic nitrogens is 1. The molecule has 0 aliphatic rings. The summed E-state index contributed by atoms with van der Waals surface area (Å²) in [6.07, 6.45) is 0.0516. The van der Waals surface area contributed by atoms with Crippen molar-refractivity contribution in [3.8, 4) is 5.75 Å². The quantitative estimate of drug-likeness (QED) is 0.751. The Hall–Kier alpha value is -2.61. The fourth-order valence-corrected chi connectivity index (χ4v) is 2.84. The smallest absolute Gasteiger partial charge is 0.229 e. The molecule has 3 aromatic rings. The van der Waals surface area contributed by atoms with E-state index in [1.165, 1.54) is 24.3 Å². The molecule has 2 aromatic carbocycles. The Bertz CT molecular complexity index is 842. The summed E-state index contributed by atoms with van der Waals surface area (Å²) in [6, 6.07) is 7.46. The highest BCUT2D eigenvalue weighted by molar-refractivity contribution is 7.22. The summed E-state index contributed by atoms with van der Waals surface area (Å²) >= 11 is 1.05. The van der Waals surface area contributed by atoms with Gasteiger partial charge in [-0.05, 0) is 30.3 Å². The van der Waals surface area contributed by atoms with Crippen molar-refractivity contribution in [2.24, 2.45) is 0 Å². The summed E-state index contributed by atoms with van der Waals surface area (Å²) in [6.45, 7) is 0.103. The molecule has 1 heterocycles. The molecule has 0 saturated heterocycles. The zero-order valence-corrected chi connectivity index (χ0v) is 13.0. The molecule has 0 aliphatic carbocycles. The first-order valence-electron chi connectivity index (χ1n) is 6.95. The fraction of sp³-hybridized carbons (Fsp3) is 0.125. The molecule has 24 heavy (non-hydrogen) atoms. The van der Waals surface area contributed by atoms with Crippen molar-refractivity contribution in [2.75, 3.05) is 11.9 Å². The zero-order valence-electron chi connectivity index (χ0n) is 12.2. The van der Waals surface area contributed by atoms with E-state index in [0.29, 0.717) is 10.4 Å². The number of hydrogen-bond acceptors (Lipinski definition) is 4. The lowest BCUT2D eigenvalue weighted by Gasteiger charge is -2.05. The Morgan fingerprint density at radius 3 is 2.58 bits per heavy atom. The number of anilines is 1. The Morgan fingerprint density at radius 2 is 1.83 bits per heavy atom. The highest BCUT2D eigenvalue weighted by atomic mass is 32.1. The highest BCUT2D eigenvalue weighted by Crippen LogP contribution is 2.27. The molecule has 1 N–H and O–H groups in total. The molecule has 0 unspecified atom stereocenters. The van der Waals surface area contributed by atoms with E-state index >= 15 is 0 Å². The number of thiazole rings is 1. The molecule has 3 rings (SSSR count). The van der Waals surface area contributed by atoms with E-state index in [1.807, 2.05) is 0 Å². The Balaban J connectivity index is 1.55. The Kier molecular flexibility index (Phi) is 4.66. The minimum absolute atomic E-state index is 0.0516. The second-order valence-electron chi connectivity index (χ2n) is 4.85. The van der Waals surface area contributed by atoms with Crippen molar-refractivity contribution >= 4 is 32.6 Å². The average molecular weight is 352 g/mol. The van der Waals surface area contributed by atoms with E-state index in [0.717, 1.165) is 23.5 Å². The van der Waals surface area contributed by atoms with Gasteiger partial charge in [0, 0.05) is 6.07 Å². The lowest BCUT2D eigenvalue weighted by atomic mass is 10.3. The lowest BCUT2D eigenvalue weighted by Crippen LogP contribution is -2.15. The molecule has 1 amide bonds. The number of carbonyl (C=O) groups is 1. The van der Waals surface area contributed by atoms with Crippen molar-refractivity contribution in [3.05, 3.63) is 53.8 Å². The number of fused-ring (bicyclic) bond motifs is 1. The largest absolute Gasteiger partial charge is 0.493 e. The highest BCUT2D eigenvalue weighted by Gasteiger charge is 2.11. The molecule has 0 saturated carbocycles. The second-order valence-corrected chi connectivity index (χ2v) is 5.88. The Morgan fingerprint density at radius 1 is 1.12 bits per heavy atom. The van der Waals surface area contributed by atoms with Gasteiger partial charge in [-0.1, -0.05) is 11.3 Å². The number of rotatable bonds is 5. The van der Waals surface area contributed by atoms with Crippen LogP contribution in [0.5, 0.6) is 5.75 Å². The van der Waals surface area contributed by atoms with Crippen LogP contribution in [-0.2, 0) is 4.79 Å². The van der Waals surface area contributed by atoms with Crippen molar-refractivity contribution in [1.29, 1.82) is 0 Å². The molecular formula is C16H11F3N2O2S. The molecule has 1 aromatic heterocycles. The zero-order chi connectivity index (χ0) is 17.1. The van der Waals surface area contributed by atoms with E-state index in [4.69, 9.17) is 4.74 Å². The number of nitrogens with one attached hydrogen (secondary N) is 1. The van der Waals surface area contributed by atoms with Gasteiger partial charge in [0.25, 0.3) is 0 Å². The van der Waals surface area contributed by atoms with Crippen molar-refractivity contribution in [2.45, 2.75) is 6.42 Å². The third-order valence-corrected chi connectivity index (χ3v) is 4.02. The number of nitrogens with zero attached hydrogens (tertiary/aromatic N) is 1. The molecule has 0 aliphatic heterocycles. The van der Waals surface area contributed by atoms with Gasteiger partial charge < -0.3 is 10.1 Å². The van der Waals surface area contributed by atoms with E-state index in [2.05, 4.69) is 10.3 Å². The van der Waals surface area contributed by atoms with E-state index < -0.39 is 11.6 Å². The van der Waals surface area contributed by atoms with Crippen molar-refractivity contribution < 1.29 is 22.7 Å². The lowest BCUT2D eigenvalue weighted by molar-refractivity contribution is -0.116. The van der Waals surface area contributed by atoms with Crippen molar-refractivity contribution in [1.82, 2.24) is 4.98 Å².